The first-order valence-electron chi connectivity index (χ1n) is 36.4. The summed E-state index contributed by atoms with van der Waals surface area (Å²) in [5.41, 5.74) is 21.6. The summed E-state index contributed by atoms with van der Waals surface area (Å²) < 4.78 is 17.8. The number of benzene rings is 17. The molecule has 6 nitrogen and oxygen atoms in total. The molecular weight excluding hydrogens is 1350 g/mol. The standard InChI is InChI=1S/C52H34N2OS.C48H32N2OS/c1-3-14-39(15-4-1)53(40-16-5-2-6-17-40)42-29-31-51-47(33-42)46-19-11-20-48(52(46)56-51)54(43-28-30-45-44-18-9-10-21-49(44)55-50(45)34-43)41-26-24-36(25-27-41)38-23-22-35-12-7-8-13-37(35)32-38;1-4-13-33(14-5-1)34-23-25-37(26-24-34)50(39-27-29-41-40-19-10-11-22-45(40)51-46(41)32-39)44-21-12-20-42-43-31-38(28-30-47(43)52-48(42)44)49(35-15-6-2-7-16-35)36-17-8-3-9-18-36/h1-34H;1-32H. The van der Waals surface area contributed by atoms with Gasteiger partial charge >= 0.3 is 0 Å². The van der Waals surface area contributed by atoms with E-state index in [1.165, 1.54) is 73.4 Å². The topological polar surface area (TPSA) is 39.2 Å². The van der Waals surface area contributed by atoms with Crippen molar-refractivity contribution in [3.8, 4) is 22.3 Å². The van der Waals surface area contributed by atoms with Crippen LogP contribution in [0.3, 0.4) is 0 Å². The Hall–Kier alpha value is -13.8. The Balaban J connectivity index is 0.000000143. The van der Waals surface area contributed by atoms with Gasteiger partial charge in [-0.15, -0.1) is 22.7 Å². The average molecular weight is 1420 g/mol. The first-order chi connectivity index (χ1) is 53.5. The zero-order valence-electron chi connectivity index (χ0n) is 58.5. The minimum Gasteiger partial charge on any atom is -0.456 e. The molecule has 0 radical (unpaired) electrons. The molecule has 0 aliphatic carbocycles. The minimum atomic E-state index is 0.872. The van der Waals surface area contributed by atoms with Crippen LogP contribution in [0.15, 0.2) is 409 Å². The van der Waals surface area contributed by atoms with Gasteiger partial charge in [0, 0.05) is 121 Å². The third-order valence-corrected chi connectivity index (χ3v) is 23.1. The summed E-state index contributed by atoms with van der Waals surface area (Å²) in [4.78, 5) is 9.42. The van der Waals surface area contributed by atoms with Crippen LogP contribution >= 0.6 is 22.7 Å². The highest BCUT2D eigenvalue weighted by Gasteiger charge is 2.25. The Morgan fingerprint density at radius 2 is 0.500 bits per heavy atom. The van der Waals surface area contributed by atoms with Crippen molar-refractivity contribution in [3.05, 3.63) is 400 Å². The van der Waals surface area contributed by atoms with Crippen molar-refractivity contribution in [1.82, 2.24) is 0 Å². The zero-order chi connectivity index (χ0) is 71.4. The molecular formula is C100H66N4O2S2. The van der Waals surface area contributed by atoms with E-state index >= 15 is 0 Å². The van der Waals surface area contributed by atoms with Crippen molar-refractivity contribution in [1.29, 1.82) is 0 Å². The number of rotatable bonds is 14. The number of nitrogens with zero attached hydrogens (tertiary/aromatic N) is 4. The second kappa shape index (κ2) is 27.4. The van der Waals surface area contributed by atoms with Crippen LogP contribution in [0.25, 0.3) is 117 Å². The fourth-order valence-corrected chi connectivity index (χ4v) is 17.9. The summed E-state index contributed by atoms with van der Waals surface area (Å²) in [6.07, 6.45) is 0. The summed E-state index contributed by atoms with van der Waals surface area (Å²) >= 11 is 3.68. The molecule has 4 aromatic heterocycles. The number of hydrogen-bond acceptors (Lipinski definition) is 8. The third-order valence-electron chi connectivity index (χ3n) is 20.7. The van der Waals surface area contributed by atoms with Gasteiger partial charge in [-0.3, -0.25) is 0 Å². The third kappa shape index (κ3) is 11.7. The molecule has 0 fully saturated rings. The van der Waals surface area contributed by atoms with E-state index in [9.17, 15) is 0 Å². The fraction of sp³-hybridized carbons (Fsp3) is 0. The number of anilines is 12. The summed E-state index contributed by atoms with van der Waals surface area (Å²) in [5.74, 6) is 0. The molecule has 0 spiro atoms. The quantitative estimate of drug-likeness (QED) is 0.108. The Kier molecular flexibility index (Phi) is 16.2. The van der Waals surface area contributed by atoms with Crippen LogP contribution in [0.5, 0.6) is 0 Å². The molecule has 0 amide bonds. The van der Waals surface area contributed by atoms with Gasteiger partial charge in [0.2, 0.25) is 0 Å². The van der Waals surface area contributed by atoms with Crippen LogP contribution in [0.2, 0.25) is 0 Å². The molecule has 0 aliphatic heterocycles. The van der Waals surface area contributed by atoms with E-state index in [2.05, 4.69) is 396 Å². The van der Waals surface area contributed by atoms with Crippen LogP contribution in [-0.2, 0) is 0 Å². The van der Waals surface area contributed by atoms with Gasteiger partial charge in [0.05, 0.1) is 20.8 Å². The molecule has 0 unspecified atom stereocenters. The largest absolute Gasteiger partial charge is 0.456 e. The smallest absolute Gasteiger partial charge is 0.137 e. The van der Waals surface area contributed by atoms with Gasteiger partial charge in [-0.1, -0.05) is 224 Å². The van der Waals surface area contributed by atoms with E-state index in [1.807, 2.05) is 46.9 Å². The minimum absolute atomic E-state index is 0.872. The van der Waals surface area contributed by atoms with E-state index < -0.39 is 0 Å². The molecule has 21 aromatic rings. The van der Waals surface area contributed by atoms with Crippen LogP contribution < -0.4 is 19.6 Å². The van der Waals surface area contributed by atoms with E-state index in [-0.39, 0.29) is 0 Å². The highest BCUT2D eigenvalue weighted by atomic mass is 32.1. The van der Waals surface area contributed by atoms with Crippen LogP contribution in [0, 0.1) is 0 Å². The van der Waals surface area contributed by atoms with Crippen molar-refractivity contribution < 1.29 is 8.83 Å². The van der Waals surface area contributed by atoms with E-state index in [4.69, 9.17) is 8.83 Å². The lowest BCUT2D eigenvalue weighted by molar-refractivity contribution is 0.668. The molecule has 0 N–H and O–H groups in total. The molecule has 0 atom stereocenters. The summed E-state index contributed by atoms with van der Waals surface area (Å²) in [5, 5.41) is 11.9. The van der Waals surface area contributed by atoms with E-state index in [0.29, 0.717) is 0 Å². The second-order valence-corrected chi connectivity index (χ2v) is 29.2. The van der Waals surface area contributed by atoms with Crippen LogP contribution in [0.4, 0.5) is 68.2 Å². The van der Waals surface area contributed by atoms with Gasteiger partial charge in [0.25, 0.3) is 0 Å². The predicted molar refractivity (Wildman–Crippen MR) is 460 cm³/mol. The van der Waals surface area contributed by atoms with Crippen molar-refractivity contribution in [3.63, 3.8) is 0 Å². The van der Waals surface area contributed by atoms with E-state index in [0.717, 1.165) is 112 Å². The number of furan rings is 2. The first kappa shape index (κ1) is 63.9. The first-order valence-corrected chi connectivity index (χ1v) is 38.1. The Bertz CT molecular complexity index is 6800. The van der Waals surface area contributed by atoms with Gasteiger partial charge < -0.3 is 28.4 Å². The van der Waals surface area contributed by atoms with Gasteiger partial charge in [-0.25, -0.2) is 0 Å². The maximum absolute atomic E-state index is 6.44. The molecule has 0 saturated carbocycles. The molecule has 4 heterocycles. The SMILES string of the molecule is c1ccc(-c2ccc(N(c3ccc4c(c3)oc3ccccc34)c3cccc4c3sc3ccc(N(c5ccccc5)c5ccccc5)cc34)cc2)cc1.c1ccc(N(c2ccccc2)c2ccc3sc4c(N(c5ccc(-c6ccc7ccccc7c6)cc5)c5ccc6c(c5)oc5ccccc56)cccc4c3c2)cc1. The molecule has 21 rings (SSSR count). The number of fused-ring (bicyclic) bond motifs is 13. The van der Waals surface area contributed by atoms with Crippen molar-refractivity contribution in [2.75, 3.05) is 19.6 Å². The highest BCUT2D eigenvalue weighted by Crippen LogP contribution is 2.51. The van der Waals surface area contributed by atoms with Gasteiger partial charge in [0.15, 0.2) is 0 Å². The van der Waals surface area contributed by atoms with Crippen molar-refractivity contribution >= 4 is 186 Å². The molecule has 108 heavy (non-hydrogen) atoms. The Morgan fingerprint density at radius 3 is 0.954 bits per heavy atom. The normalized spacial score (nSPS) is 11.5. The van der Waals surface area contributed by atoms with Gasteiger partial charge in [0.1, 0.15) is 22.3 Å². The molecule has 0 bridgehead atoms. The lowest BCUT2D eigenvalue weighted by Gasteiger charge is -2.26. The number of para-hydroxylation sites is 6. The lowest BCUT2D eigenvalue weighted by Crippen LogP contribution is -2.10. The fourth-order valence-electron chi connectivity index (χ4n) is 15.5. The maximum Gasteiger partial charge on any atom is 0.137 e. The van der Waals surface area contributed by atoms with Crippen LogP contribution in [-0.4, -0.2) is 0 Å². The van der Waals surface area contributed by atoms with Gasteiger partial charge in [-0.2, -0.15) is 0 Å². The molecule has 0 aliphatic rings. The van der Waals surface area contributed by atoms with Crippen molar-refractivity contribution in [2.45, 2.75) is 0 Å². The molecule has 0 saturated heterocycles. The zero-order valence-corrected chi connectivity index (χ0v) is 60.2. The predicted octanol–water partition coefficient (Wildman–Crippen LogP) is 30.3. The lowest BCUT2D eigenvalue weighted by atomic mass is 10.0. The summed E-state index contributed by atoms with van der Waals surface area (Å²) in [6, 6.07) is 143. The van der Waals surface area contributed by atoms with Crippen molar-refractivity contribution in [2.24, 2.45) is 0 Å². The average Bonchev–Trinajstić information content (AvgIpc) is 1.58. The molecule has 17 aromatic carbocycles. The highest BCUT2D eigenvalue weighted by molar-refractivity contribution is 7.27. The maximum atomic E-state index is 6.44. The summed E-state index contributed by atoms with van der Waals surface area (Å²) in [7, 11) is 0. The monoisotopic (exact) mass is 1420 g/mol. The second-order valence-electron chi connectivity index (χ2n) is 27.1. The number of hydrogen-bond donors (Lipinski definition) is 0. The molecule has 510 valence electrons. The van der Waals surface area contributed by atoms with Crippen LogP contribution in [0.1, 0.15) is 0 Å². The molecule has 8 heteroatoms. The number of thiophene rings is 2. The Labute approximate surface area is 632 Å². The van der Waals surface area contributed by atoms with E-state index in [1.54, 1.807) is 0 Å². The Morgan fingerprint density at radius 1 is 0.176 bits per heavy atom. The summed E-state index contributed by atoms with van der Waals surface area (Å²) in [6.45, 7) is 0. The van der Waals surface area contributed by atoms with Gasteiger partial charge in [-0.05, 0) is 197 Å².